The lowest BCUT2D eigenvalue weighted by Crippen LogP contribution is -2.21. The van der Waals surface area contributed by atoms with Crippen LogP contribution >= 0.6 is 23.4 Å². The van der Waals surface area contributed by atoms with Crippen molar-refractivity contribution in [1.29, 1.82) is 0 Å². The number of nitrogens with zero attached hydrogens (tertiary/aromatic N) is 3. The minimum atomic E-state index is -0.0310. The monoisotopic (exact) mass is 431 g/mol. The zero-order valence-corrected chi connectivity index (χ0v) is 17.7. The van der Waals surface area contributed by atoms with E-state index in [-0.39, 0.29) is 11.9 Å². The number of nitrogen functional groups attached to an aromatic ring is 1. The highest BCUT2D eigenvalue weighted by molar-refractivity contribution is 7.99. The number of hydrogen-bond donors (Lipinski definition) is 2. The number of anilines is 1. The van der Waals surface area contributed by atoms with Crippen LogP contribution in [0.4, 0.5) is 5.95 Å². The Labute approximate surface area is 178 Å². The summed E-state index contributed by atoms with van der Waals surface area (Å²) >= 11 is 8.16. The van der Waals surface area contributed by atoms with Crippen molar-refractivity contribution < 1.29 is 9.53 Å². The normalized spacial score (nSPS) is 14.9. The lowest BCUT2D eigenvalue weighted by Gasteiger charge is -2.28. The van der Waals surface area contributed by atoms with Gasteiger partial charge in [-0.25, -0.2) is 4.98 Å². The Morgan fingerprint density at radius 3 is 3.00 bits per heavy atom. The second-order valence-electron chi connectivity index (χ2n) is 6.99. The molecular weight excluding hydrogens is 410 g/mol. The number of nitrogens with two attached hydrogens (primary N) is 1. The Morgan fingerprint density at radius 1 is 1.31 bits per heavy atom. The third kappa shape index (κ3) is 4.39. The molecule has 2 aromatic rings. The zero-order chi connectivity index (χ0) is 20.4. The molecule has 29 heavy (non-hydrogen) atoms. The number of thioether (sulfide) groups is 1. The molecule has 0 atom stereocenters. The zero-order valence-electron chi connectivity index (χ0n) is 16.1. The van der Waals surface area contributed by atoms with E-state index in [0.717, 1.165) is 36.1 Å². The Morgan fingerprint density at radius 2 is 2.17 bits per heavy atom. The molecule has 0 saturated heterocycles. The van der Waals surface area contributed by atoms with E-state index in [9.17, 15) is 4.79 Å². The molecular formula is C20H22ClN5O2S. The van der Waals surface area contributed by atoms with Crippen LogP contribution < -0.4 is 11.1 Å². The van der Waals surface area contributed by atoms with Gasteiger partial charge in [-0.2, -0.15) is 9.97 Å². The van der Waals surface area contributed by atoms with Crippen LogP contribution in [0.1, 0.15) is 36.5 Å². The molecule has 0 bridgehead atoms. The van der Waals surface area contributed by atoms with Gasteiger partial charge in [-0.1, -0.05) is 29.4 Å². The topological polar surface area (TPSA) is 103 Å². The maximum absolute atomic E-state index is 11.0. The third-order valence-electron chi connectivity index (χ3n) is 4.87. The number of halogens is 1. The highest BCUT2D eigenvalue weighted by Gasteiger charge is 2.27. The highest BCUT2D eigenvalue weighted by atomic mass is 35.5. The van der Waals surface area contributed by atoms with Crippen molar-refractivity contribution in [1.82, 2.24) is 20.3 Å². The van der Waals surface area contributed by atoms with E-state index in [1.165, 1.54) is 35.4 Å². The SMILES string of the molecule is CC(=O)NCCCSc1nc(N)nc(-c2c(Cl)cc3c4c2CCC=C4COC3)n1. The molecule has 1 aromatic carbocycles. The molecule has 1 aliphatic heterocycles. The molecule has 152 valence electrons. The van der Waals surface area contributed by atoms with Crippen molar-refractivity contribution in [3.8, 4) is 11.4 Å². The summed E-state index contributed by atoms with van der Waals surface area (Å²) in [6.07, 6.45) is 4.86. The number of nitrogens with one attached hydrogen (secondary N) is 1. The first kappa shape index (κ1) is 20.1. The van der Waals surface area contributed by atoms with E-state index in [4.69, 9.17) is 22.1 Å². The highest BCUT2D eigenvalue weighted by Crippen LogP contribution is 2.42. The van der Waals surface area contributed by atoms with Gasteiger partial charge in [0.25, 0.3) is 0 Å². The van der Waals surface area contributed by atoms with E-state index >= 15 is 0 Å². The van der Waals surface area contributed by atoms with Crippen molar-refractivity contribution in [2.45, 2.75) is 37.9 Å². The van der Waals surface area contributed by atoms with Gasteiger partial charge in [0.2, 0.25) is 11.9 Å². The quantitative estimate of drug-likeness (QED) is 0.534. The summed E-state index contributed by atoms with van der Waals surface area (Å²) in [6.45, 7) is 3.31. The Kier molecular flexibility index (Phi) is 6.03. The van der Waals surface area contributed by atoms with E-state index in [1.807, 2.05) is 6.07 Å². The van der Waals surface area contributed by atoms with Crippen LogP contribution in [-0.2, 0) is 22.6 Å². The average molecular weight is 432 g/mol. The molecule has 0 spiro atoms. The number of rotatable bonds is 6. The van der Waals surface area contributed by atoms with Gasteiger partial charge in [0, 0.05) is 24.8 Å². The summed E-state index contributed by atoms with van der Waals surface area (Å²) in [5, 5.41) is 3.95. The van der Waals surface area contributed by atoms with Crippen LogP contribution in [0.5, 0.6) is 0 Å². The van der Waals surface area contributed by atoms with Gasteiger partial charge in [-0.05, 0) is 47.6 Å². The third-order valence-corrected chi connectivity index (χ3v) is 6.10. The standard InChI is InChI=1S/C20H22ClN5O2S/c1-11(27)23-6-3-7-29-20-25-18(24-19(22)26-20)17-14-5-2-4-12-9-28-10-13(16(12)14)8-15(17)21/h4,8H,2-3,5-7,9-10H2,1H3,(H,23,27)(H2,22,24,25,26). The molecule has 2 heterocycles. The fourth-order valence-corrected chi connectivity index (χ4v) is 4.82. The second kappa shape index (κ2) is 8.69. The minimum absolute atomic E-state index is 0.0310. The van der Waals surface area contributed by atoms with Gasteiger partial charge in [0.1, 0.15) is 0 Å². The summed E-state index contributed by atoms with van der Waals surface area (Å²) < 4.78 is 5.69. The largest absolute Gasteiger partial charge is 0.372 e. The second-order valence-corrected chi connectivity index (χ2v) is 8.46. The van der Waals surface area contributed by atoms with Gasteiger partial charge < -0.3 is 15.8 Å². The minimum Gasteiger partial charge on any atom is -0.372 e. The molecule has 1 aliphatic carbocycles. The maximum Gasteiger partial charge on any atom is 0.224 e. The first-order valence-corrected chi connectivity index (χ1v) is 10.9. The van der Waals surface area contributed by atoms with Crippen LogP contribution in [0.2, 0.25) is 5.02 Å². The Hall–Kier alpha value is -2.16. The van der Waals surface area contributed by atoms with E-state index in [1.54, 1.807) is 0 Å². The molecule has 2 aliphatic rings. The van der Waals surface area contributed by atoms with Crippen LogP contribution in [0.15, 0.2) is 17.3 Å². The molecule has 3 N–H and O–H groups in total. The van der Waals surface area contributed by atoms with E-state index in [0.29, 0.717) is 35.8 Å². The van der Waals surface area contributed by atoms with Gasteiger partial charge in [-0.15, -0.1) is 0 Å². The number of hydrogen-bond acceptors (Lipinski definition) is 7. The Bertz CT molecular complexity index is 995. The molecule has 4 rings (SSSR count). The summed E-state index contributed by atoms with van der Waals surface area (Å²) in [4.78, 5) is 24.2. The number of carbonyl (C=O) groups is 1. The summed E-state index contributed by atoms with van der Waals surface area (Å²) in [5.74, 6) is 1.42. The van der Waals surface area contributed by atoms with Crippen molar-refractivity contribution >= 4 is 40.8 Å². The molecule has 0 unspecified atom stereocenters. The van der Waals surface area contributed by atoms with Crippen LogP contribution in [0.3, 0.4) is 0 Å². The van der Waals surface area contributed by atoms with Gasteiger partial charge in [-0.3, -0.25) is 4.79 Å². The Balaban J connectivity index is 1.64. The molecule has 1 aromatic heterocycles. The fraction of sp³-hybridized carbons (Fsp3) is 0.400. The molecule has 9 heteroatoms. The number of benzene rings is 1. The van der Waals surface area contributed by atoms with Crippen LogP contribution in [0, 0.1) is 0 Å². The predicted octanol–water partition coefficient (Wildman–Crippen LogP) is 3.25. The lowest BCUT2D eigenvalue weighted by atomic mass is 9.83. The number of carbonyl (C=O) groups excluding carboxylic acids is 1. The molecule has 7 nitrogen and oxygen atoms in total. The summed E-state index contributed by atoms with van der Waals surface area (Å²) in [6, 6.07) is 1.95. The fourth-order valence-electron chi connectivity index (χ4n) is 3.71. The lowest BCUT2D eigenvalue weighted by molar-refractivity contribution is -0.118. The molecule has 0 radical (unpaired) electrons. The van der Waals surface area contributed by atoms with Crippen LogP contribution in [0.25, 0.3) is 17.0 Å². The number of ether oxygens (including phenoxy) is 1. The maximum atomic E-state index is 11.0. The smallest absolute Gasteiger partial charge is 0.224 e. The molecule has 0 fully saturated rings. The van der Waals surface area contributed by atoms with Gasteiger partial charge in [0.15, 0.2) is 11.0 Å². The molecule has 1 amide bonds. The summed E-state index contributed by atoms with van der Waals surface area (Å²) in [5.41, 5.74) is 11.5. The van der Waals surface area contributed by atoms with Gasteiger partial charge >= 0.3 is 0 Å². The first-order chi connectivity index (χ1) is 14.0. The number of aromatic nitrogens is 3. The number of allylic oxidation sites excluding steroid dienone is 1. The van der Waals surface area contributed by atoms with Crippen molar-refractivity contribution in [3.05, 3.63) is 33.9 Å². The van der Waals surface area contributed by atoms with E-state index in [2.05, 4.69) is 26.3 Å². The average Bonchev–Trinajstić information content (AvgIpc) is 2.67. The summed E-state index contributed by atoms with van der Waals surface area (Å²) in [7, 11) is 0. The molecule has 0 saturated carbocycles. The predicted molar refractivity (Wildman–Crippen MR) is 115 cm³/mol. The van der Waals surface area contributed by atoms with Gasteiger partial charge in [0.05, 0.1) is 18.2 Å². The van der Waals surface area contributed by atoms with Crippen LogP contribution in [-0.4, -0.2) is 39.8 Å². The first-order valence-electron chi connectivity index (χ1n) is 9.53. The van der Waals surface area contributed by atoms with Crippen molar-refractivity contribution in [2.75, 3.05) is 24.6 Å². The van der Waals surface area contributed by atoms with E-state index < -0.39 is 0 Å². The van der Waals surface area contributed by atoms with Crippen molar-refractivity contribution in [2.24, 2.45) is 0 Å². The number of amides is 1. The van der Waals surface area contributed by atoms with Crippen molar-refractivity contribution in [3.63, 3.8) is 0 Å².